The van der Waals surface area contributed by atoms with E-state index in [1.165, 1.54) is 17.4 Å². The summed E-state index contributed by atoms with van der Waals surface area (Å²) in [6.45, 7) is 0. The van der Waals surface area contributed by atoms with Gasteiger partial charge in [0.1, 0.15) is 18.4 Å². The lowest BCUT2D eigenvalue weighted by Crippen LogP contribution is -1.90. The van der Waals surface area contributed by atoms with Gasteiger partial charge in [-0.1, -0.05) is 0 Å². The molecule has 0 bridgehead atoms. The third kappa shape index (κ3) is 2.40. The van der Waals surface area contributed by atoms with Gasteiger partial charge in [0.15, 0.2) is 0 Å². The van der Waals surface area contributed by atoms with Crippen LogP contribution in [0.4, 0.5) is 0 Å². The normalized spacial score (nSPS) is 10.7. The summed E-state index contributed by atoms with van der Waals surface area (Å²) in [5.41, 5.74) is 0.978. The van der Waals surface area contributed by atoms with Crippen molar-refractivity contribution in [2.45, 2.75) is 0 Å². The van der Waals surface area contributed by atoms with Crippen LogP contribution in [0.3, 0.4) is 0 Å². The van der Waals surface area contributed by atoms with E-state index in [9.17, 15) is 0 Å². The van der Waals surface area contributed by atoms with E-state index in [1.807, 2.05) is 24.3 Å². The van der Waals surface area contributed by atoms with Crippen molar-refractivity contribution in [2.24, 2.45) is 5.10 Å². The van der Waals surface area contributed by atoms with Crippen LogP contribution in [0.2, 0.25) is 0 Å². The number of aromatic nitrogens is 3. The molecule has 2 rings (SSSR count). The maximum absolute atomic E-state index is 5.05. The van der Waals surface area contributed by atoms with Gasteiger partial charge in [0, 0.05) is 0 Å². The molecule has 5 heteroatoms. The minimum atomic E-state index is 0.827. The second kappa shape index (κ2) is 4.36. The molecule has 1 heterocycles. The highest BCUT2D eigenvalue weighted by Gasteiger charge is 1.90. The zero-order chi connectivity index (χ0) is 10.5. The molecule has 0 N–H and O–H groups in total. The van der Waals surface area contributed by atoms with Gasteiger partial charge in [-0.3, -0.25) is 0 Å². The molecule has 0 unspecified atom stereocenters. The third-order valence-corrected chi connectivity index (χ3v) is 1.85. The van der Waals surface area contributed by atoms with Crippen LogP contribution in [0.5, 0.6) is 5.75 Å². The predicted octanol–water partition coefficient (Wildman–Crippen LogP) is 1.17. The minimum Gasteiger partial charge on any atom is -0.497 e. The first kappa shape index (κ1) is 9.39. The van der Waals surface area contributed by atoms with Gasteiger partial charge in [0.25, 0.3) is 0 Å². The second-order valence-electron chi connectivity index (χ2n) is 2.83. The van der Waals surface area contributed by atoms with Crippen molar-refractivity contribution in [1.29, 1.82) is 0 Å². The van der Waals surface area contributed by atoms with Crippen molar-refractivity contribution >= 4 is 6.21 Å². The molecule has 0 aliphatic carbocycles. The van der Waals surface area contributed by atoms with Crippen LogP contribution >= 0.6 is 0 Å². The molecule has 0 fully saturated rings. The summed E-state index contributed by atoms with van der Waals surface area (Å²) in [6, 6.07) is 7.59. The van der Waals surface area contributed by atoms with Crippen molar-refractivity contribution in [3.05, 3.63) is 42.5 Å². The Morgan fingerprint density at radius 1 is 1.33 bits per heavy atom. The number of hydrogen-bond acceptors (Lipinski definition) is 4. The van der Waals surface area contributed by atoms with E-state index in [1.54, 1.807) is 13.3 Å². The van der Waals surface area contributed by atoms with Gasteiger partial charge < -0.3 is 4.74 Å². The van der Waals surface area contributed by atoms with Gasteiger partial charge in [-0.25, -0.2) is 4.98 Å². The molecule has 0 radical (unpaired) electrons. The highest BCUT2D eigenvalue weighted by Crippen LogP contribution is 2.09. The molecule has 0 amide bonds. The summed E-state index contributed by atoms with van der Waals surface area (Å²) in [7, 11) is 1.64. The molecule has 0 atom stereocenters. The highest BCUT2D eigenvalue weighted by molar-refractivity contribution is 5.79. The maximum Gasteiger partial charge on any atom is 0.139 e. The Labute approximate surface area is 87.0 Å². The Bertz CT molecular complexity index is 433. The minimum absolute atomic E-state index is 0.827. The Hall–Kier alpha value is -2.17. The zero-order valence-electron chi connectivity index (χ0n) is 8.24. The highest BCUT2D eigenvalue weighted by atomic mass is 16.5. The summed E-state index contributed by atoms with van der Waals surface area (Å²) in [5.74, 6) is 0.827. The third-order valence-electron chi connectivity index (χ3n) is 1.85. The standard InChI is InChI=1S/C10H10N4O/c1-15-10-4-2-9(3-5-10)6-12-14-8-11-7-13-14/h2-8H,1H3. The summed E-state index contributed by atoms with van der Waals surface area (Å²) >= 11 is 0. The molecule has 1 aromatic heterocycles. The SMILES string of the molecule is COc1ccc(C=Nn2cncn2)cc1. The van der Waals surface area contributed by atoms with Gasteiger partial charge in [0.2, 0.25) is 0 Å². The molecule has 0 aliphatic rings. The van der Waals surface area contributed by atoms with Crippen LogP contribution in [-0.4, -0.2) is 28.2 Å². The van der Waals surface area contributed by atoms with Gasteiger partial charge >= 0.3 is 0 Å². The van der Waals surface area contributed by atoms with Gasteiger partial charge in [-0.2, -0.15) is 5.10 Å². The Morgan fingerprint density at radius 3 is 2.73 bits per heavy atom. The first-order valence-electron chi connectivity index (χ1n) is 4.41. The van der Waals surface area contributed by atoms with E-state index in [0.717, 1.165) is 11.3 Å². The average Bonchev–Trinajstić information content (AvgIpc) is 2.80. The molecule has 2 aromatic rings. The number of hydrogen-bond donors (Lipinski definition) is 0. The fourth-order valence-corrected chi connectivity index (χ4v) is 1.08. The summed E-state index contributed by atoms with van der Waals surface area (Å²) in [6.07, 6.45) is 4.67. The predicted molar refractivity (Wildman–Crippen MR) is 56.0 cm³/mol. The molecule has 76 valence electrons. The lowest BCUT2D eigenvalue weighted by atomic mass is 10.2. The largest absolute Gasteiger partial charge is 0.497 e. The molecular formula is C10H10N4O. The molecule has 0 aliphatic heterocycles. The molecule has 1 aromatic carbocycles. The molecular weight excluding hydrogens is 192 g/mol. The molecule has 5 nitrogen and oxygen atoms in total. The maximum atomic E-state index is 5.05. The number of benzene rings is 1. The summed E-state index contributed by atoms with van der Waals surface area (Å²) in [4.78, 5) is 5.17. The fourth-order valence-electron chi connectivity index (χ4n) is 1.08. The summed E-state index contributed by atoms with van der Waals surface area (Å²) in [5, 5.41) is 7.92. The van der Waals surface area contributed by atoms with Crippen LogP contribution in [-0.2, 0) is 0 Å². The quantitative estimate of drug-likeness (QED) is 0.702. The van der Waals surface area contributed by atoms with E-state index in [2.05, 4.69) is 15.2 Å². The van der Waals surface area contributed by atoms with Gasteiger partial charge in [0.05, 0.1) is 13.3 Å². The van der Waals surface area contributed by atoms with Crippen molar-refractivity contribution in [3.8, 4) is 5.75 Å². The first-order chi connectivity index (χ1) is 7.38. The van der Waals surface area contributed by atoms with Crippen LogP contribution in [0.1, 0.15) is 5.56 Å². The molecule has 0 saturated heterocycles. The number of nitrogens with zero attached hydrogens (tertiary/aromatic N) is 4. The lowest BCUT2D eigenvalue weighted by Gasteiger charge is -1.98. The van der Waals surface area contributed by atoms with Crippen LogP contribution < -0.4 is 4.74 Å². The van der Waals surface area contributed by atoms with Gasteiger partial charge in [-0.15, -0.1) is 9.89 Å². The van der Waals surface area contributed by atoms with Crippen molar-refractivity contribution in [3.63, 3.8) is 0 Å². The van der Waals surface area contributed by atoms with Crippen molar-refractivity contribution < 1.29 is 4.74 Å². The molecule has 0 saturated carbocycles. The number of methoxy groups -OCH3 is 1. The monoisotopic (exact) mass is 202 g/mol. The smallest absolute Gasteiger partial charge is 0.139 e. The lowest BCUT2D eigenvalue weighted by molar-refractivity contribution is 0.415. The zero-order valence-corrected chi connectivity index (χ0v) is 8.24. The van der Waals surface area contributed by atoms with E-state index in [-0.39, 0.29) is 0 Å². The Kier molecular flexibility index (Phi) is 2.73. The first-order valence-corrected chi connectivity index (χ1v) is 4.41. The second-order valence-corrected chi connectivity index (χ2v) is 2.83. The van der Waals surface area contributed by atoms with E-state index in [4.69, 9.17) is 4.74 Å². The van der Waals surface area contributed by atoms with Crippen LogP contribution in [0, 0.1) is 0 Å². The van der Waals surface area contributed by atoms with E-state index >= 15 is 0 Å². The number of rotatable bonds is 3. The topological polar surface area (TPSA) is 52.3 Å². The molecule has 0 spiro atoms. The van der Waals surface area contributed by atoms with Crippen LogP contribution in [0.15, 0.2) is 42.0 Å². The number of ether oxygens (including phenoxy) is 1. The van der Waals surface area contributed by atoms with E-state index in [0.29, 0.717) is 0 Å². The van der Waals surface area contributed by atoms with Crippen LogP contribution in [0.25, 0.3) is 0 Å². The van der Waals surface area contributed by atoms with Gasteiger partial charge in [-0.05, 0) is 29.8 Å². The van der Waals surface area contributed by atoms with E-state index < -0.39 is 0 Å². The summed E-state index contributed by atoms with van der Waals surface area (Å²) < 4.78 is 5.05. The average molecular weight is 202 g/mol. The fraction of sp³-hybridized carbons (Fsp3) is 0.100. The Balaban J connectivity index is 2.11. The Morgan fingerprint density at radius 2 is 2.13 bits per heavy atom. The van der Waals surface area contributed by atoms with Crippen molar-refractivity contribution in [2.75, 3.05) is 7.11 Å². The molecule has 15 heavy (non-hydrogen) atoms. The van der Waals surface area contributed by atoms with Crippen molar-refractivity contribution in [1.82, 2.24) is 14.9 Å².